The number of carbonyl (C=O) groups excluding carboxylic acids is 4. The van der Waals surface area contributed by atoms with E-state index in [4.69, 9.17) is 23.7 Å². The first-order chi connectivity index (χ1) is 16.3. The fourth-order valence-electron chi connectivity index (χ4n) is 8.51. The molecule has 6 rings (SSSR count). The van der Waals surface area contributed by atoms with Crippen LogP contribution in [0.5, 0.6) is 0 Å². The summed E-state index contributed by atoms with van der Waals surface area (Å²) in [6.07, 6.45) is -6.84. The molecule has 0 bridgehead atoms. The lowest BCUT2D eigenvalue weighted by molar-refractivity contribution is -0.240. The molecule has 4 saturated heterocycles. The molecule has 0 radical (unpaired) electrons. The minimum atomic E-state index is -2.29. The van der Waals surface area contributed by atoms with Crippen LogP contribution < -0.4 is 0 Å². The summed E-state index contributed by atoms with van der Waals surface area (Å²) in [5, 5.41) is 24.0. The number of ether oxygens (including phenoxy) is 6. The second-order valence-electron chi connectivity index (χ2n) is 11.5. The highest BCUT2D eigenvalue weighted by Gasteiger charge is 3.04. The summed E-state index contributed by atoms with van der Waals surface area (Å²) in [5.41, 5.74) is -8.44. The number of hydrogen-bond acceptors (Lipinski definition) is 12. The Labute approximate surface area is 200 Å². The maximum absolute atomic E-state index is 13.6. The van der Waals surface area contributed by atoms with Crippen molar-refractivity contribution in [2.75, 3.05) is 13.7 Å². The Morgan fingerprint density at radius 2 is 1.83 bits per heavy atom. The van der Waals surface area contributed by atoms with Gasteiger partial charge in [-0.15, -0.1) is 0 Å². The highest BCUT2D eigenvalue weighted by molar-refractivity contribution is 5.94. The van der Waals surface area contributed by atoms with Gasteiger partial charge >= 0.3 is 23.9 Å². The molecule has 4 aliphatic heterocycles. The molecule has 2 saturated carbocycles. The molecule has 11 atom stereocenters. The van der Waals surface area contributed by atoms with Gasteiger partial charge in [-0.3, -0.25) is 4.79 Å². The van der Waals surface area contributed by atoms with Crippen LogP contribution in [0.4, 0.5) is 0 Å². The Bertz CT molecular complexity index is 1070. The van der Waals surface area contributed by atoms with E-state index < -0.39 is 100 Å². The summed E-state index contributed by atoms with van der Waals surface area (Å²) in [6.45, 7) is 6.55. The third-order valence-electron chi connectivity index (χ3n) is 9.56. The Morgan fingerprint density at radius 1 is 1.14 bits per heavy atom. The molecule has 12 nitrogen and oxygen atoms in total. The minimum Gasteiger partial charge on any atom is -0.467 e. The molecule has 6 aliphatic rings. The van der Waals surface area contributed by atoms with Crippen molar-refractivity contribution in [3.8, 4) is 0 Å². The smallest absolute Gasteiger partial charge is 0.343 e. The number of rotatable bonds is 3. The van der Waals surface area contributed by atoms with Gasteiger partial charge in [-0.1, -0.05) is 20.8 Å². The van der Waals surface area contributed by atoms with Gasteiger partial charge in [-0.05, 0) is 24.7 Å². The first-order valence-corrected chi connectivity index (χ1v) is 11.7. The monoisotopic (exact) mass is 496 g/mol. The topological polar surface area (TPSA) is 164 Å². The van der Waals surface area contributed by atoms with Crippen LogP contribution in [0.3, 0.4) is 0 Å². The third kappa shape index (κ3) is 1.99. The lowest BCUT2D eigenvalue weighted by atomic mass is 9.51. The van der Waals surface area contributed by atoms with Crippen LogP contribution >= 0.6 is 0 Å². The van der Waals surface area contributed by atoms with Crippen LogP contribution in [0.15, 0.2) is 0 Å². The zero-order chi connectivity index (χ0) is 25.5. The van der Waals surface area contributed by atoms with Crippen molar-refractivity contribution in [3.05, 3.63) is 0 Å². The number of fused-ring (bicyclic) bond motifs is 1. The van der Waals surface area contributed by atoms with E-state index in [1.54, 1.807) is 0 Å². The summed E-state index contributed by atoms with van der Waals surface area (Å²) in [4.78, 5) is 51.3. The quantitative estimate of drug-likeness (QED) is 0.356. The van der Waals surface area contributed by atoms with Crippen molar-refractivity contribution in [1.82, 2.24) is 0 Å². The predicted molar refractivity (Wildman–Crippen MR) is 108 cm³/mol. The molecule has 6 fully saturated rings. The van der Waals surface area contributed by atoms with E-state index in [0.717, 1.165) is 0 Å². The van der Waals surface area contributed by atoms with Crippen LogP contribution in [0.25, 0.3) is 0 Å². The normalized spacial score (nSPS) is 53.0. The fraction of sp³-hybridized carbons (Fsp3) is 0.826. The van der Waals surface area contributed by atoms with Crippen molar-refractivity contribution in [2.45, 2.75) is 76.0 Å². The largest absolute Gasteiger partial charge is 0.467 e. The zero-order valence-corrected chi connectivity index (χ0v) is 19.9. The van der Waals surface area contributed by atoms with E-state index in [-0.39, 0.29) is 6.42 Å². The van der Waals surface area contributed by atoms with E-state index >= 15 is 0 Å². The van der Waals surface area contributed by atoms with Crippen LogP contribution in [-0.2, 0) is 47.6 Å². The number of hydrogen-bond donors (Lipinski definition) is 2. The summed E-state index contributed by atoms with van der Waals surface area (Å²) in [5.74, 6) is -5.09. The van der Waals surface area contributed by atoms with E-state index in [0.29, 0.717) is 0 Å². The SMILES string of the molecule is COC(=O)CO[C@H]1C(=O)O[C@H]2O[C@]34C(=O)OC5CC(C(C)(C)C)C21[C@@]53[C@@H](O)[C@@H]1OC(=O)C(C)[C@@]14O. The number of methoxy groups -OCH3 is 1. The van der Waals surface area contributed by atoms with Gasteiger partial charge in [0.05, 0.1) is 23.9 Å². The lowest BCUT2D eigenvalue weighted by Gasteiger charge is -2.48. The average Bonchev–Trinajstić information content (AvgIpc) is 3.49. The fourth-order valence-corrected chi connectivity index (χ4v) is 8.51. The van der Waals surface area contributed by atoms with Crippen molar-refractivity contribution in [2.24, 2.45) is 28.1 Å². The molecule has 4 heterocycles. The van der Waals surface area contributed by atoms with Crippen LogP contribution in [-0.4, -0.2) is 89.7 Å². The molecule has 2 aliphatic carbocycles. The molecular formula is C23H28O12. The van der Waals surface area contributed by atoms with Gasteiger partial charge in [0.25, 0.3) is 0 Å². The highest BCUT2D eigenvalue weighted by Crippen LogP contribution is 2.84. The van der Waals surface area contributed by atoms with E-state index in [1.807, 2.05) is 20.8 Å². The second-order valence-corrected chi connectivity index (χ2v) is 11.5. The molecule has 12 heteroatoms. The molecule has 0 aromatic rings. The second kappa shape index (κ2) is 6.34. The maximum Gasteiger partial charge on any atom is 0.343 e. The third-order valence-corrected chi connectivity index (χ3v) is 9.56. The summed E-state index contributed by atoms with van der Waals surface area (Å²) in [7, 11) is 1.17. The van der Waals surface area contributed by atoms with Crippen molar-refractivity contribution in [1.29, 1.82) is 0 Å². The Balaban J connectivity index is 1.64. The summed E-state index contributed by atoms with van der Waals surface area (Å²) >= 11 is 0. The number of aliphatic hydroxyl groups is 2. The molecule has 35 heavy (non-hydrogen) atoms. The van der Waals surface area contributed by atoms with E-state index in [9.17, 15) is 29.4 Å². The average molecular weight is 496 g/mol. The molecule has 0 amide bonds. The first kappa shape index (κ1) is 23.1. The first-order valence-electron chi connectivity index (χ1n) is 11.7. The lowest BCUT2D eigenvalue weighted by Crippen LogP contribution is -2.67. The predicted octanol–water partition coefficient (Wildman–Crippen LogP) is -1.17. The van der Waals surface area contributed by atoms with Gasteiger partial charge in [0.15, 0.2) is 17.8 Å². The van der Waals surface area contributed by atoms with Crippen molar-refractivity contribution < 1.29 is 57.8 Å². The van der Waals surface area contributed by atoms with Gasteiger partial charge < -0.3 is 38.6 Å². The molecule has 2 N–H and O–H groups in total. The molecular weight excluding hydrogens is 468 g/mol. The van der Waals surface area contributed by atoms with Crippen LogP contribution in [0.2, 0.25) is 0 Å². The standard InChI is InChI=1S/C23H28O12/c1-8-15(26)33-13-12(25)21-10-6-9(19(2,3)4)20(21)14(31-7-11(24)30-5)16(27)34-18(20)35-23(21,17(28)32-10)22(8,13)29/h8-10,12-14,18,25,29H,6-7H2,1-5H3/t8?,9?,10?,12-,13-,14-,18-,20?,21-,22+,23+/m0/s1. The van der Waals surface area contributed by atoms with Gasteiger partial charge in [0, 0.05) is 0 Å². The zero-order valence-electron chi connectivity index (χ0n) is 19.9. The molecule has 0 aromatic carbocycles. The van der Waals surface area contributed by atoms with Crippen molar-refractivity contribution in [3.63, 3.8) is 0 Å². The molecule has 2 spiro atoms. The highest BCUT2D eigenvalue weighted by atomic mass is 16.8. The number of aliphatic hydroxyl groups excluding tert-OH is 1. The number of esters is 4. The summed E-state index contributed by atoms with van der Waals surface area (Å²) < 4.78 is 33.6. The molecule has 4 unspecified atom stereocenters. The Hall–Kier alpha value is -2.28. The van der Waals surface area contributed by atoms with Gasteiger partial charge in [0.1, 0.15) is 18.8 Å². The maximum atomic E-state index is 13.6. The Kier molecular flexibility index (Phi) is 4.19. The van der Waals surface area contributed by atoms with Gasteiger partial charge in [-0.2, -0.15) is 0 Å². The van der Waals surface area contributed by atoms with Crippen molar-refractivity contribution >= 4 is 23.9 Å². The molecule has 192 valence electrons. The Morgan fingerprint density at radius 3 is 2.46 bits per heavy atom. The number of carbonyl (C=O) groups is 4. The van der Waals surface area contributed by atoms with E-state index in [2.05, 4.69) is 4.74 Å². The van der Waals surface area contributed by atoms with Gasteiger partial charge in [0.2, 0.25) is 11.9 Å². The van der Waals surface area contributed by atoms with Gasteiger partial charge in [-0.25, -0.2) is 14.4 Å². The minimum absolute atomic E-state index is 0.202. The van der Waals surface area contributed by atoms with E-state index in [1.165, 1.54) is 14.0 Å². The molecule has 0 aromatic heterocycles. The van der Waals surface area contributed by atoms with Crippen LogP contribution in [0.1, 0.15) is 34.1 Å². The van der Waals surface area contributed by atoms with Crippen LogP contribution in [0, 0.1) is 28.1 Å². The summed E-state index contributed by atoms with van der Waals surface area (Å²) in [6, 6.07) is 0.